The van der Waals surface area contributed by atoms with E-state index >= 15 is 0 Å². The molecule has 0 aliphatic carbocycles. The van der Waals surface area contributed by atoms with E-state index in [-0.39, 0.29) is 17.5 Å². The number of halogens is 1. The molecule has 1 aromatic carbocycles. The predicted molar refractivity (Wildman–Crippen MR) is 122 cm³/mol. The van der Waals surface area contributed by atoms with Gasteiger partial charge in [-0.3, -0.25) is 4.90 Å². The van der Waals surface area contributed by atoms with E-state index in [1.807, 2.05) is 24.3 Å². The van der Waals surface area contributed by atoms with Crippen LogP contribution < -0.4 is 4.80 Å². The molecule has 162 valence electrons. The van der Waals surface area contributed by atoms with Crippen LogP contribution >= 0.6 is 22.9 Å². The monoisotopic (exact) mass is 467 g/mol. The molecule has 1 atom stereocenters. The van der Waals surface area contributed by atoms with Crippen molar-refractivity contribution in [1.82, 2.24) is 9.47 Å². The van der Waals surface area contributed by atoms with Crippen LogP contribution in [0.2, 0.25) is 5.02 Å². The Morgan fingerprint density at radius 2 is 2.30 bits per heavy atom. The third-order valence-electron chi connectivity index (χ3n) is 5.03. The topological polar surface area (TPSA) is 63.9 Å². The summed E-state index contributed by atoms with van der Waals surface area (Å²) in [4.78, 5) is 7.73. The molecule has 3 rings (SSSR count). The molecule has 0 spiro atoms. The molecule has 1 fully saturated rings. The maximum absolute atomic E-state index is 12.0. The smallest absolute Gasteiger partial charge is 0.190 e. The average molecular weight is 468 g/mol. The van der Waals surface area contributed by atoms with Crippen LogP contribution in [0.4, 0.5) is 5.69 Å². The number of ether oxygens (including phenoxy) is 1. The molecule has 6 nitrogen and oxygen atoms in total. The summed E-state index contributed by atoms with van der Waals surface area (Å²) in [6.45, 7) is 2.39. The van der Waals surface area contributed by atoms with E-state index in [1.165, 1.54) is 0 Å². The second-order valence-electron chi connectivity index (χ2n) is 7.27. The van der Waals surface area contributed by atoms with Crippen LogP contribution in [0.5, 0.6) is 0 Å². The number of thiazole rings is 1. The fourth-order valence-corrected chi connectivity index (χ4v) is 6.43. The van der Waals surface area contributed by atoms with Gasteiger partial charge in [0.2, 0.25) is 0 Å². The zero-order valence-corrected chi connectivity index (χ0v) is 19.3. The molecule has 0 amide bonds. The minimum absolute atomic E-state index is 0.0494. The van der Waals surface area contributed by atoms with E-state index in [2.05, 4.69) is 20.8 Å². The molecule has 1 saturated heterocycles. The van der Waals surface area contributed by atoms with E-state index in [0.29, 0.717) is 31.1 Å². The lowest BCUT2D eigenvalue weighted by atomic mass is 10.2. The van der Waals surface area contributed by atoms with E-state index < -0.39 is 9.84 Å². The number of benzene rings is 1. The van der Waals surface area contributed by atoms with Crippen molar-refractivity contribution in [1.29, 1.82) is 0 Å². The predicted octanol–water partition coefficient (Wildman–Crippen LogP) is 3.09. The Labute approximate surface area is 187 Å². The Morgan fingerprint density at radius 3 is 2.97 bits per heavy atom. The summed E-state index contributed by atoms with van der Waals surface area (Å²) >= 11 is 7.66. The molecule has 2 aromatic rings. The SMILES string of the molecule is C#CCN(Cc1csc(=Nc2cccc(Cl)c2)n1CCCOC)[C@H]1CCS(=O)(=O)C1. The third-order valence-corrected chi connectivity index (χ3v) is 7.92. The molecular weight excluding hydrogens is 442 g/mol. The van der Waals surface area contributed by atoms with Gasteiger partial charge in [-0.05, 0) is 31.0 Å². The quantitative estimate of drug-likeness (QED) is 0.420. The molecule has 0 radical (unpaired) electrons. The first kappa shape index (κ1) is 23.0. The highest BCUT2D eigenvalue weighted by molar-refractivity contribution is 7.91. The van der Waals surface area contributed by atoms with E-state index in [4.69, 9.17) is 27.8 Å². The molecule has 0 unspecified atom stereocenters. The summed E-state index contributed by atoms with van der Waals surface area (Å²) in [6, 6.07) is 7.39. The molecule has 1 aliphatic rings. The van der Waals surface area contributed by atoms with Crippen molar-refractivity contribution in [2.45, 2.75) is 32.0 Å². The lowest BCUT2D eigenvalue weighted by Gasteiger charge is -2.26. The minimum atomic E-state index is -2.98. The fourth-order valence-electron chi connectivity index (χ4n) is 3.55. The summed E-state index contributed by atoms with van der Waals surface area (Å²) in [7, 11) is -1.29. The second-order valence-corrected chi connectivity index (χ2v) is 10.8. The van der Waals surface area contributed by atoms with Gasteiger partial charge in [-0.25, -0.2) is 13.4 Å². The highest BCUT2D eigenvalue weighted by Crippen LogP contribution is 2.21. The van der Waals surface area contributed by atoms with Crippen molar-refractivity contribution in [3.8, 4) is 12.3 Å². The van der Waals surface area contributed by atoms with Crippen molar-refractivity contribution in [2.75, 3.05) is 31.8 Å². The Hall–Kier alpha value is -1.63. The molecule has 0 bridgehead atoms. The summed E-state index contributed by atoms with van der Waals surface area (Å²) in [5, 5.41) is 2.71. The van der Waals surface area contributed by atoms with Gasteiger partial charge in [-0.15, -0.1) is 17.8 Å². The Kier molecular flexibility index (Phi) is 8.14. The van der Waals surface area contributed by atoms with E-state index in [0.717, 1.165) is 29.1 Å². The fraction of sp³-hybridized carbons (Fsp3) is 0.476. The number of hydrogen-bond acceptors (Lipinski definition) is 6. The molecule has 30 heavy (non-hydrogen) atoms. The first-order valence-electron chi connectivity index (χ1n) is 9.76. The molecule has 9 heteroatoms. The number of aromatic nitrogens is 1. The van der Waals surface area contributed by atoms with E-state index in [9.17, 15) is 8.42 Å². The highest BCUT2D eigenvalue weighted by atomic mass is 35.5. The molecule has 1 aliphatic heterocycles. The second kappa shape index (κ2) is 10.6. The third kappa shape index (κ3) is 6.19. The van der Waals surface area contributed by atoms with Crippen LogP contribution in [0.3, 0.4) is 0 Å². The van der Waals surface area contributed by atoms with Crippen LogP contribution in [0, 0.1) is 12.3 Å². The summed E-state index contributed by atoms with van der Waals surface area (Å²) in [5.41, 5.74) is 1.86. The van der Waals surface area contributed by atoms with Crippen LogP contribution in [0.25, 0.3) is 0 Å². The molecular formula is C21H26ClN3O3S2. The van der Waals surface area contributed by atoms with Gasteiger partial charge in [0.1, 0.15) is 0 Å². The number of rotatable bonds is 9. The maximum Gasteiger partial charge on any atom is 0.190 e. The first-order chi connectivity index (χ1) is 14.4. The van der Waals surface area contributed by atoms with Crippen molar-refractivity contribution in [3.05, 3.63) is 45.2 Å². The molecule has 2 heterocycles. The summed E-state index contributed by atoms with van der Waals surface area (Å²) in [6.07, 6.45) is 7.05. The van der Waals surface area contributed by atoms with Crippen molar-refractivity contribution in [2.24, 2.45) is 4.99 Å². The van der Waals surface area contributed by atoms with Crippen molar-refractivity contribution < 1.29 is 13.2 Å². The van der Waals surface area contributed by atoms with Gasteiger partial charge >= 0.3 is 0 Å². The average Bonchev–Trinajstić information content (AvgIpc) is 3.25. The van der Waals surface area contributed by atoms with Gasteiger partial charge in [0.25, 0.3) is 0 Å². The number of terminal acetylenes is 1. The Balaban J connectivity index is 1.91. The zero-order valence-electron chi connectivity index (χ0n) is 17.0. The Morgan fingerprint density at radius 1 is 1.47 bits per heavy atom. The standard InChI is InChI=1S/C21H26ClN3O3S2/c1-3-9-24(19-8-12-30(26,27)16-19)14-20-15-29-21(25(20)10-5-11-28-2)23-18-7-4-6-17(22)13-18/h1,4,6-7,13,15,19H,5,8-12,14,16H2,2H3/t19-/m0/s1. The lowest BCUT2D eigenvalue weighted by Crippen LogP contribution is -2.37. The molecule has 1 aromatic heterocycles. The lowest BCUT2D eigenvalue weighted by molar-refractivity contribution is 0.188. The minimum Gasteiger partial charge on any atom is -0.385 e. The zero-order chi connectivity index (χ0) is 21.6. The van der Waals surface area contributed by atoms with Crippen LogP contribution in [-0.2, 0) is 27.7 Å². The van der Waals surface area contributed by atoms with Crippen LogP contribution in [-0.4, -0.2) is 55.7 Å². The van der Waals surface area contributed by atoms with Gasteiger partial charge in [0.05, 0.1) is 23.7 Å². The van der Waals surface area contributed by atoms with Gasteiger partial charge in [-0.2, -0.15) is 0 Å². The summed E-state index contributed by atoms with van der Waals surface area (Å²) in [5.74, 6) is 3.08. The maximum atomic E-state index is 12.0. The van der Waals surface area contributed by atoms with Crippen LogP contribution in [0.1, 0.15) is 18.5 Å². The number of nitrogens with zero attached hydrogens (tertiary/aromatic N) is 3. The number of methoxy groups -OCH3 is 1. The van der Waals surface area contributed by atoms with Crippen LogP contribution in [0.15, 0.2) is 34.6 Å². The van der Waals surface area contributed by atoms with Crippen molar-refractivity contribution in [3.63, 3.8) is 0 Å². The van der Waals surface area contributed by atoms with Crippen molar-refractivity contribution >= 4 is 38.5 Å². The molecule has 0 saturated carbocycles. The number of hydrogen-bond donors (Lipinski definition) is 0. The normalized spacial score (nSPS) is 18.7. The van der Waals surface area contributed by atoms with E-state index in [1.54, 1.807) is 18.4 Å². The largest absolute Gasteiger partial charge is 0.385 e. The first-order valence-corrected chi connectivity index (χ1v) is 12.8. The highest BCUT2D eigenvalue weighted by Gasteiger charge is 2.32. The number of sulfone groups is 1. The van der Waals surface area contributed by atoms with Gasteiger partial charge in [-0.1, -0.05) is 23.6 Å². The van der Waals surface area contributed by atoms with Gasteiger partial charge < -0.3 is 9.30 Å². The Bertz CT molecular complexity index is 1070. The molecule has 0 N–H and O–H groups in total. The summed E-state index contributed by atoms with van der Waals surface area (Å²) < 4.78 is 31.3. The van der Waals surface area contributed by atoms with Gasteiger partial charge in [0, 0.05) is 48.9 Å². The van der Waals surface area contributed by atoms with Gasteiger partial charge in [0.15, 0.2) is 14.6 Å².